The maximum Gasteiger partial charge on any atom is 0.247 e. The van der Waals surface area contributed by atoms with E-state index in [1.54, 1.807) is 18.2 Å². The molecule has 1 aliphatic rings. The molecule has 0 radical (unpaired) electrons. The van der Waals surface area contributed by atoms with E-state index >= 15 is 0 Å². The lowest BCUT2D eigenvalue weighted by Crippen LogP contribution is -2.44. The molecule has 1 N–H and O–H groups in total. The Kier molecular flexibility index (Phi) is 4.28. The Labute approximate surface area is 144 Å². The van der Waals surface area contributed by atoms with Gasteiger partial charge in [-0.05, 0) is 29.8 Å². The first-order chi connectivity index (χ1) is 11.0. The number of fused-ring (bicyclic) bond motifs is 1. The molecular weight excluding hydrogens is 335 g/mol. The molecule has 1 atom stereocenters. The van der Waals surface area contributed by atoms with Crippen molar-refractivity contribution in [1.29, 1.82) is 0 Å². The van der Waals surface area contributed by atoms with Gasteiger partial charge in [-0.1, -0.05) is 41.4 Å². The summed E-state index contributed by atoms with van der Waals surface area (Å²) in [5.74, 6) is -0.436. The molecule has 0 fully saturated rings. The van der Waals surface area contributed by atoms with Crippen molar-refractivity contribution in [1.82, 2.24) is 0 Å². The predicted octanol–water partition coefficient (Wildman–Crippen LogP) is 3.91. The lowest BCUT2D eigenvalue weighted by molar-refractivity contribution is -0.122. The highest BCUT2D eigenvalue weighted by Gasteiger charge is 2.36. The standard InChI is InChI=1S/C17H14Cl2N2O2/c1-10(22)21-15-5-3-2-4-11(15)6-16(21)17(23)20-14-8-12(18)7-13(19)9-14/h2-5,7-9,16H,6H2,1H3,(H,20,23). The summed E-state index contributed by atoms with van der Waals surface area (Å²) in [5, 5.41) is 3.66. The van der Waals surface area contributed by atoms with Crippen LogP contribution in [-0.4, -0.2) is 17.9 Å². The van der Waals surface area contributed by atoms with E-state index in [1.807, 2.05) is 24.3 Å². The quantitative estimate of drug-likeness (QED) is 0.894. The van der Waals surface area contributed by atoms with Gasteiger partial charge in [-0.3, -0.25) is 14.5 Å². The van der Waals surface area contributed by atoms with Gasteiger partial charge in [0, 0.05) is 34.8 Å². The maximum absolute atomic E-state index is 12.6. The zero-order valence-electron chi connectivity index (χ0n) is 12.3. The predicted molar refractivity (Wildman–Crippen MR) is 92.2 cm³/mol. The van der Waals surface area contributed by atoms with Crippen LogP contribution in [0.5, 0.6) is 0 Å². The molecule has 2 aromatic rings. The van der Waals surface area contributed by atoms with Crippen molar-refractivity contribution >= 4 is 46.4 Å². The minimum absolute atomic E-state index is 0.167. The van der Waals surface area contributed by atoms with Crippen LogP contribution < -0.4 is 10.2 Å². The van der Waals surface area contributed by atoms with Gasteiger partial charge in [0.2, 0.25) is 11.8 Å². The van der Waals surface area contributed by atoms with Crippen molar-refractivity contribution in [3.63, 3.8) is 0 Å². The van der Waals surface area contributed by atoms with E-state index in [4.69, 9.17) is 23.2 Å². The molecule has 1 heterocycles. The van der Waals surface area contributed by atoms with Crippen LogP contribution in [0.15, 0.2) is 42.5 Å². The van der Waals surface area contributed by atoms with E-state index in [9.17, 15) is 9.59 Å². The summed E-state index contributed by atoms with van der Waals surface area (Å²) < 4.78 is 0. The van der Waals surface area contributed by atoms with E-state index < -0.39 is 6.04 Å². The third kappa shape index (κ3) is 3.19. The normalized spacial score (nSPS) is 16.1. The minimum Gasteiger partial charge on any atom is -0.324 e. The molecule has 1 aliphatic heterocycles. The number of carbonyl (C=O) groups excluding carboxylic acids is 2. The average Bonchev–Trinajstić information content (AvgIpc) is 2.85. The Hall–Kier alpha value is -2.04. The van der Waals surface area contributed by atoms with E-state index in [0.29, 0.717) is 22.2 Å². The summed E-state index contributed by atoms with van der Waals surface area (Å²) in [6.07, 6.45) is 0.482. The third-order valence-corrected chi connectivity index (χ3v) is 4.18. The van der Waals surface area contributed by atoms with Gasteiger partial charge in [-0.25, -0.2) is 0 Å². The number of halogens is 2. The summed E-state index contributed by atoms with van der Waals surface area (Å²) in [7, 11) is 0. The number of carbonyl (C=O) groups is 2. The first kappa shape index (κ1) is 15.8. The van der Waals surface area contributed by atoms with Gasteiger partial charge in [-0.2, -0.15) is 0 Å². The van der Waals surface area contributed by atoms with Gasteiger partial charge >= 0.3 is 0 Å². The Bertz CT molecular complexity index is 772. The van der Waals surface area contributed by atoms with Crippen molar-refractivity contribution in [2.45, 2.75) is 19.4 Å². The smallest absolute Gasteiger partial charge is 0.247 e. The average molecular weight is 349 g/mol. The Morgan fingerprint density at radius 3 is 2.43 bits per heavy atom. The second-order valence-electron chi connectivity index (χ2n) is 5.39. The zero-order valence-corrected chi connectivity index (χ0v) is 13.9. The molecule has 118 valence electrons. The van der Waals surface area contributed by atoms with Crippen LogP contribution in [0.2, 0.25) is 10.0 Å². The molecular formula is C17H14Cl2N2O2. The Morgan fingerprint density at radius 1 is 1.13 bits per heavy atom. The number of para-hydroxylation sites is 1. The number of nitrogens with zero attached hydrogens (tertiary/aromatic N) is 1. The number of nitrogens with one attached hydrogen (secondary N) is 1. The molecule has 0 aromatic heterocycles. The molecule has 23 heavy (non-hydrogen) atoms. The first-order valence-corrected chi connectivity index (χ1v) is 7.86. The fourth-order valence-electron chi connectivity index (χ4n) is 2.84. The van der Waals surface area contributed by atoms with Crippen LogP contribution in [-0.2, 0) is 16.0 Å². The van der Waals surface area contributed by atoms with Crippen molar-refractivity contribution in [3.8, 4) is 0 Å². The second kappa shape index (κ2) is 6.22. The molecule has 0 saturated heterocycles. The summed E-state index contributed by atoms with van der Waals surface area (Å²) in [6.45, 7) is 1.46. The number of amides is 2. The van der Waals surface area contributed by atoms with Crippen LogP contribution >= 0.6 is 23.2 Å². The molecule has 2 amide bonds. The number of hydrogen-bond acceptors (Lipinski definition) is 2. The molecule has 0 aliphatic carbocycles. The molecule has 6 heteroatoms. The monoisotopic (exact) mass is 348 g/mol. The summed E-state index contributed by atoms with van der Waals surface area (Å²) in [4.78, 5) is 26.1. The Morgan fingerprint density at radius 2 is 1.78 bits per heavy atom. The SMILES string of the molecule is CC(=O)N1c2ccccc2CC1C(=O)Nc1cc(Cl)cc(Cl)c1. The van der Waals surface area contributed by atoms with Gasteiger partial charge in [-0.15, -0.1) is 0 Å². The van der Waals surface area contributed by atoms with Crippen molar-refractivity contribution in [2.75, 3.05) is 10.2 Å². The number of anilines is 2. The van der Waals surface area contributed by atoms with Crippen LogP contribution in [0, 0.1) is 0 Å². The molecule has 0 saturated carbocycles. The summed E-state index contributed by atoms with van der Waals surface area (Å²) >= 11 is 11.9. The van der Waals surface area contributed by atoms with Crippen molar-refractivity contribution in [3.05, 3.63) is 58.1 Å². The molecule has 4 nitrogen and oxygen atoms in total. The summed E-state index contributed by atoms with van der Waals surface area (Å²) in [5.41, 5.74) is 2.27. The van der Waals surface area contributed by atoms with Gasteiger partial charge in [0.05, 0.1) is 0 Å². The van der Waals surface area contributed by atoms with Gasteiger partial charge in [0.15, 0.2) is 0 Å². The molecule has 3 rings (SSSR count). The second-order valence-corrected chi connectivity index (χ2v) is 6.26. The van der Waals surface area contributed by atoms with Crippen LogP contribution in [0.4, 0.5) is 11.4 Å². The lowest BCUT2D eigenvalue weighted by atomic mass is 10.1. The van der Waals surface area contributed by atoms with Gasteiger partial charge in [0.25, 0.3) is 0 Å². The van der Waals surface area contributed by atoms with Crippen molar-refractivity contribution in [2.24, 2.45) is 0 Å². The molecule has 0 spiro atoms. The van der Waals surface area contributed by atoms with E-state index in [2.05, 4.69) is 5.32 Å². The zero-order chi connectivity index (χ0) is 16.6. The topological polar surface area (TPSA) is 49.4 Å². The van der Waals surface area contributed by atoms with Gasteiger partial charge < -0.3 is 5.32 Å². The highest BCUT2D eigenvalue weighted by Crippen LogP contribution is 2.33. The maximum atomic E-state index is 12.6. The highest BCUT2D eigenvalue weighted by molar-refractivity contribution is 6.35. The number of rotatable bonds is 2. The Balaban J connectivity index is 1.86. The largest absolute Gasteiger partial charge is 0.324 e. The van der Waals surface area contributed by atoms with Crippen LogP contribution in [0.3, 0.4) is 0 Å². The number of hydrogen-bond donors (Lipinski definition) is 1. The third-order valence-electron chi connectivity index (χ3n) is 3.75. The van der Waals surface area contributed by atoms with E-state index in [-0.39, 0.29) is 11.8 Å². The lowest BCUT2D eigenvalue weighted by Gasteiger charge is -2.23. The minimum atomic E-state index is -0.581. The van der Waals surface area contributed by atoms with E-state index in [0.717, 1.165) is 11.3 Å². The fourth-order valence-corrected chi connectivity index (χ4v) is 3.36. The van der Waals surface area contributed by atoms with Crippen LogP contribution in [0.1, 0.15) is 12.5 Å². The first-order valence-electron chi connectivity index (χ1n) is 7.10. The highest BCUT2D eigenvalue weighted by atomic mass is 35.5. The fraction of sp³-hybridized carbons (Fsp3) is 0.176. The van der Waals surface area contributed by atoms with Crippen molar-refractivity contribution < 1.29 is 9.59 Å². The number of benzene rings is 2. The molecule has 0 bridgehead atoms. The molecule has 1 unspecified atom stereocenters. The van der Waals surface area contributed by atoms with E-state index in [1.165, 1.54) is 11.8 Å². The molecule has 2 aromatic carbocycles. The van der Waals surface area contributed by atoms with Gasteiger partial charge in [0.1, 0.15) is 6.04 Å². The van der Waals surface area contributed by atoms with Crippen LogP contribution in [0.25, 0.3) is 0 Å². The summed E-state index contributed by atoms with van der Waals surface area (Å²) in [6, 6.07) is 11.8.